The SMILES string of the molecule is Cc1ccc(N2CCN[C@H]3CCCC[C@@H]32)c(F)c1. The second-order valence-electron chi connectivity index (χ2n) is 5.56. The van der Waals surface area contributed by atoms with Crippen LogP contribution in [0.25, 0.3) is 0 Å². The van der Waals surface area contributed by atoms with Crippen LogP contribution in [0.4, 0.5) is 10.1 Å². The van der Waals surface area contributed by atoms with Crippen LogP contribution in [0.3, 0.4) is 0 Å². The maximum Gasteiger partial charge on any atom is 0.146 e. The number of piperazine rings is 1. The summed E-state index contributed by atoms with van der Waals surface area (Å²) in [4.78, 5) is 2.29. The fourth-order valence-corrected chi connectivity index (χ4v) is 3.40. The molecule has 0 unspecified atom stereocenters. The van der Waals surface area contributed by atoms with Crippen molar-refractivity contribution in [2.45, 2.75) is 44.7 Å². The molecule has 0 radical (unpaired) electrons. The molecule has 1 heterocycles. The average Bonchev–Trinajstić information content (AvgIpc) is 2.38. The lowest BCUT2D eigenvalue weighted by molar-refractivity contribution is 0.282. The number of rotatable bonds is 1. The van der Waals surface area contributed by atoms with Crippen LogP contribution in [0, 0.1) is 12.7 Å². The van der Waals surface area contributed by atoms with Crippen LogP contribution in [0.1, 0.15) is 31.2 Å². The summed E-state index contributed by atoms with van der Waals surface area (Å²) in [6, 6.07) is 6.63. The van der Waals surface area contributed by atoms with E-state index < -0.39 is 0 Å². The largest absolute Gasteiger partial charge is 0.363 e. The highest BCUT2D eigenvalue weighted by molar-refractivity contribution is 5.51. The van der Waals surface area contributed by atoms with Gasteiger partial charge >= 0.3 is 0 Å². The summed E-state index contributed by atoms with van der Waals surface area (Å²) >= 11 is 0. The van der Waals surface area contributed by atoms with Gasteiger partial charge in [-0.05, 0) is 37.5 Å². The number of halogens is 1. The summed E-state index contributed by atoms with van der Waals surface area (Å²) in [5.74, 6) is -0.0683. The standard InChI is InChI=1S/C15H21FN2/c1-11-6-7-14(12(16)10-11)18-9-8-17-13-4-2-3-5-15(13)18/h6-7,10,13,15,17H,2-5,8-9H2,1H3/t13-,15-/m0/s1. The Hall–Kier alpha value is -1.09. The highest BCUT2D eigenvalue weighted by Gasteiger charge is 2.33. The number of anilines is 1. The Morgan fingerprint density at radius 3 is 2.94 bits per heavy atom. The van der Waals surface area contributed by atoms with Crippen LogP contribution in [-0.4, -0.2) is 25.2 Å². The number of hydrogen-bond acceptors (Lipinski definition) is 2. The summed E-state index contributed by atoms with van der Waals surface area (Å²) in [6.07, 6.45) is 4.99. The molecule has 1 aliphatic heterocycles. The Labute approximate surface area is 108 Å². The lowest BCUT2D eigenvalue weighted by Crippen LogP contribution is -2.59. The molecule has 2 aliphatic rings. The third-order valence-corrected chi connectivity index (χ3v) is 4.30. The molecule has 0 bridgehead atoms. The van der Waals surface area contributed by atoms with Crippen molar-refractivity contribution in [3.63, 3.8) is 0 Å². The Balaban J connectivity index is 1.89. The summed E-state index contributed by atoms with van der Waals surface area (Å²) in [5.41, 5.74) is 1.78. The maximum atomic E-state index is 14.1. The number of hydrogen-bond donors (Lipinski definition) is 1. The van der Waals surface area contributed by atoms with Gasteiger partial charge in [0.2, 0.25) is 0 Å². The van der Waals surface area contributed by atoms with E-state index in [1.165, 1.54) is 25.7 Å². The fraction of sp³-hybridized carbons (Fsp3) is 0.600. The summed E-state index contributed by atoms with van der Waals surface area (Å²) in [5, 5.41) is 3.59. The number of benzene rings is 1. The molecule has 0 spiro atoms. The lowest BCUT2D eigenvalue weighted by Gasteiger charge is -2.46. The van der Waals surface area contributed by atoms with E-state index in [1.807, 2.05) is 19.1 Å². The molecule has 1 N–H and O–H groups in total. The molecule has 2 nitrogen and oxygen atoms in total. The van der Waals surface area contributed by atoms with Gasteiger partial charge in [0.05, 0.1) is 5.69 Å². The van der Waals surface area contributed by atoms with Gasteiger partial charge in [-0.2, -0.15) is 0 Å². The van der Waals surface area contributed by atoms with Gasteiger partial charge in [-0.25, -0.2) is 4.39 Å². The van der Waals surface area contributed by atoms with Crippen molar-refractivity contribution in [3.8, 4) is 0 Å². The third-order valence-electron chi connectivity index (χ3n) is 4.30. The average molecular weight is 248 g/mol. The van der Waals surface area contributed by atoms with Crippen molar-refractivity contribution in [1.82, 2.24) is 5.32 Å². The quantitative estimate of drug-likeness (QED) is 0.822. The summed E-state index contributed by atoms with van der Waals surface area (Å²) in [6.45, 7) is 3.82. The lowest BCUT2D eigenvalue weighted by atomic mass is 9.87. The Morgan fingerprint density at radius 2 is 2.11 bits per heavy atom. The molecule has 18 heavy (non-hydrogen) atoms. The minimum absolute atomic E-state index is 0.0683. The van der Waals surface area contributed by atoms with E-state index in [0.717, 1.165) is 24.3 Å². The molecule has 2 atom stereocenters. The van der Waals surface area contributed by atoms with E-state index in [1.54, 1.807) is 6.07 Å². The molecule has 0 amide bonds. The highest BCUT2D eigenvalue weighted by Crippen LogP contribution is 2.31. The molecule has 2 fully saturated rings. The van der Waals surface area contributed by atoms with Gasteiger partial charge in [-0.1, -0.05) is 18.9 Å². The summed E-state index contributed by atoms with van der Waals surface area (Å²) < 4.78 is 14.1. The predicted octanol–water partition coefficient (Wildman–Crippen LogP) is 2.85. The molecule has 3 rings (SSSR count). The van der Waals surface area contributed by atoms with E-state index >= 15 is 0 Å². The second kappa shape index (κ2) is 4.88. The fourth-order valence-electron chi connectivity index (χ4n) is 3.40. The summed E-state index contributed by atoms with van der Waals surface area (Å²) in [7, 11) is 0. The Kier molecular flexibility index (Phi) is 3.25. The molecule has 1 saturated carbocycles. The van der Waals surface area contributed by atoms with Gasteiger partial charge in [0.1, 0.15) is 5.82 Å². The molecular formula is C15H21FN2. The molecule has 1 aromatic rings. The van der Waals surface area contributed by atoms with E-state index in [0.29, 0.717) is 12.1 Å². The monoisotopic (exact) mass is 248 g/mol. The molecular weight excluding hydrogens is 227 g/mol. The van der Waals surface area contributed by atoms with Gasteiger partial charge in [0, 0.05) is 25.2 Å². The zero-order chi connectivity index (χ0) is 12.5. The molecule has 3 heteroatoms. The third kappa shape index (κ3) is 2.12. The number of nitrogens with one attached hydrogen (secondary N) is 1. The first-order valence-electron chi connectivity index (χ1n) is 7.02. The minimum atomic E-state index is -0.0683. The van der Waals surface area contributed by atoms with E-state index in [9.17, 15) is 4.39 Å². The predicted molar refractivity (Wildman–Crippen MR) is 72.5 cm³/mol. The molecule has 1 aromatic carbocycles. The topological polar surface area (TPSA) is 15.3 Å². The van der Waals surface area contributed by atoms with E-state index in [-0.39, 0.29) is 5.82 Å². The molecule has 0 aromatic heterocycles. The van der Waals surface area contributed by atoms with Crippen LogP contribution < -0.4 is 10.2 Å². The first kappa shape index (κ1) is 12.0. The zero-order valence-electron chi connectivity index (χ0n) is 11.0. The number of nitrogens with zero attached hydrogens (tertiary/aromatic N) is 1. The minimum Gasteiger partial charge on any atom is -0.363 e. The highest BCUT2D eigenvalue weighted by atomic mass is 19.1. The van der Waals surface area contributed by atoms with Crippen LogP contribution in [0.2, 0.25) is 0 Å². The van der Waals surface area contributed by atoms with Crippen molar-refractivity contribution in [1.29, 1.82) is 0 Å². The van der Waals surface area contributed by atoms with Crippen molar-refractivity contribution in [3.05, 3.63) is 29.6 Å². The van der Waals surface area contributed by atoms with E-state index in [2.05, 4.69) is 10.2 Å². The van der Waals surface area contributed by atoms with Crippen molar-refractivity contribution >= 4 is 5.69 Å². The molecule has 1 saturated heterocycles. The van der Waals surface area contributed by atoms with Crippen LogP contribution in [0.5, 0.6) is 0 Å². The maximum absolute atomic E-state index is 14.1. The van der Waals surface area contributed by atoms with Gasteiger partial charge in [-0.3, -0.25) is 0 Å². The normalized spacial score (nSPS) is 28.0. The molecule has 1 aliphatic carbocycles. The van der Waals surface area contributed by atoms with Crippen molar-refractivity contribution < 1.29 is 4.39 Å². The smallest absolute Gasteiger partial charge is 0.146 e. The Morgan fingerprint density at radius 1 is 1.28 bits per heavy atom. The number of aryl methyl sites for hydroxylation is 1. The van der Waals surface area contributed by atoms with Gasteiger partial charge < -0.3 is 10.2 Å². The van der Waals surface area contributed by atoms with Crippen molar-refractivity contribution in [2.24, 2.45) is 0 Å². The Bertz CT molecular complexity index is 431. The van der Waals surface area contributed by atoms with Crippen LogP contribution in [0.15, 0.2) is 18.2 Å². The second-order valence-corrected chi connectivity index (χ2v) is 5.56. The molecule has 98 valence electrons. The van der Waals surface area contributed by atoms with Crippen LogP contribution in [-0.2, 0) is 0 Å². The van der Waals surface area contributed by atoms with Gasteiger partial charge in [0.25, 0.3) is 0 Å². The number of fused-ring (bicyclic) bond motifs is 1. The van der Waals surface area contributed by atoms with Crippen LogP contribution >= 0.6 is 0 Å². The first-order chi connectivity index (χ1) is 8.75. The van der Waals surface area contributed by atoms with E-state index in [4.69, 9.17) is 0 Å². The van der Waals surface area contributed by atoms with Crippen molar-refractivity contribution in [2.75, 3.05) is 18.0 Å². The van der Waals surface area contributed by atoms with Gasteiger partial charge in [-0.15, -0.1) is 0 Å². The zero-order valence-corrected chi connectivity index (χ0v) is 11.0. The van der Waals surface area contributed by atoms with Gasteiger partial charge in [0.15, 0.2) is 0 Å². The first-order valence-corrected chi connectivity index (χ1v) is 7.02.